The molecule has 0 fully saturated rings. The molecule has 2 aromatic heterocycles. The summed E-state index contributed by atoms with van der Waals surface area (Å²) in [6.07, 6.45) is 3.70. The molecule has 4 aromatic rings. The third-order valence-corrected chi connectivity index (χ3v) is 4.54. The molecule has 2 aromatic carbocycles. The van der Waals surface area contributed by atoms with Crippen molar-refractivity contribution in [1.29, 1.82) is 0 Å². The van der Waals surface area contributed by atoms with Gasteiger partial charge in [-0.15, -0.1) is 0 Å². The molecule has 0 unspecified atom stereocenters. The Labute approximate surface area is 153 Å². The van der Waals surface area contributed by atoms with Crippen LogP contribution < -0.4 is 0 Å². The predicted octanol–water partition coefficient (Wildman–Crippen LogP) is 4.94. The van der Waals surface area contributed by atoms with Crippen molar-refractivity contribution in [1.82, 2.24) is 20.1 Å². The first kappa shape index (κ1) is 16.0. The van der Waals surface area contributed by atoms with Crippen molar-refractivity contribution >= 4 is 27.0 Å². The van der Waals surface area contributed by atoms with Crippen LogP contribution >= 0.6 is 15.9 Å². The molecule has 0 amide bonds. The van der Waals surface area contributed by atoms with E-state index in [1.807, 2.05) is 48.5 Å². The Morgan fingerprint density at radius 2 is 1.84 bits per heavy atom. The van der Waals surface area contributed by atoms with Gasteiger partial charge in [-0.3, -0.25) is 0 Å². The molecular weight excluding hydrogens is 380 g/mol. The number of nitrogens with zero attached hydrogens (tertiary/aromatic N) is 3. The van der Waals surface area contributed by atoms with Crippen LogP contribution in [0.15, 0.2) is 57.5 Å². The maximum absolute atomic E-state index is 5.36. The second-order valence-electron chi connectivity index (χ2n) is 5.93. The first-order valence-corrected chi connectivity index (χ1v) is 9.09. The molecule has 0 saturated carbocycles. The monoisotopic (exact) mass is 396 g/mol. The molecule has 4 rings (SSSR count). The topological polar surface area (TPSA) is 67.6 Å². The molecule has 0 aliphatic rings. The third-order valence-electron chi connectivity index (χ3n) is 4.04. The molecule has 0 saturated heterocycles. The molecule has 0 aliphatic carbocycles. The predicted molar refractivity (Wildman–Crippen MR) is 100 cm³/mol. The SMILES string of the molecule is Brc1cccc(-c2noc(CCCCc3nc4ccccc4[nH]3)n2)c1. The highest BCUT2D eigenvalue weighted by Crippen LogP contribution is 2.21. The van der Waals surface area contributed by atoms with Gasteiger partial charge >= 0.3 is 0 Å². The maximum atomic E-state index is 5.36. The smallest absolute Gasteiger partial charge is 0.226 e. The van der Waals surface area contributed by atoms with E-state index < -0.39 is 0 Å². The molecule has 1 N–H and O–H groups in total. The number of hydrogen-bond donors (Lipinski definition) is 1. The van der Waals surface area contributed by atoms with Crippen LogP contribution in [0.1, 0.15) is 24.6 Å². The van der Waals surface area contributed by atoms with E-state index in [4.69, 9.17) is 4.52 Å². The fourth-order valence-electron chi connectivity index (χ4n) is 2.79. The van der Waals surface area contributed by atoms with Crippen LogP contribution in [-0.2, 0) is 12.8 Å². The largest absolute Gasteiger partial charge is 0.342 e. The number of hydrogen-bond acceptors (Lipinski definition) is 4. The van der Waals surface area contributed by atoms with Crippen LogP contribution in [0.4, 0.5) is 0 Å². The Hall–Kier alpha value is -2.47. The van der Waals surface area contributed by atoms with Crippen LogP contribution in [0.3, 0.4) is 0 Å². The number of fused-ring (bicyclic) bond motifs is 1. The number of nitrogens with one attached hydrogen (secondary N) is 1. The van der Waals surface area contributed by atoms with Gasteiger partial charge in [0.25, 0.3) is 0 Å². The summed E-state index contributed by atoms with van der Waals surface area (Å²) in [5.74, 6) is 2.34. The second kappa shape index (κ2) is 7.19. The van der Waals surface area contributed by atoms with E-state index in [0.29, 0.717) is 11.7 Å². The molecule has 6 heteroatoms. The van der Waals surface area contributed by atoms with E-state index in [0.717, 1.165) is 52.6 Å². The molecule has 2 heterocycles. The van der Waals surface area contributed by atoms with Crippen molar-refractivity contribution in [3.8, 4) is 11.4 Å². The van der Waals surface area contributed by atoms with Crippen LogP contribution in [0.25, 0.3) is 22.4 Å². The summed E-state index contributed by atoms with van der Waals surface area (Å²) in [5, 5.41) is 4.07. The lowest BCUT2D eigenvalue weighted by Crippen LogP contribution is -1.91. The number of aromatic amines is 1. The standard InChI is InChI=1S/C19H17BrN4O/c20-14-7-5-6-13(12-14)19-23-18(25-24-19)11-4-3-10-17-21-15-8-1-2-9-16(15)22-17/h1-2,5-9,12H,3-4,10-11H2,(H,21,22). The average Bonchev–Trinajstić information content (AvgIpc) is 3.25. The van der Waals surface area contributed by atoms with Gasteiger partial charge in [0.05, 0.1) is 11.0 Å². The highest BCUT2D eigenvalue weighted by Gasteiger charge is 2.09. The summed E-state index contributed by atoms with van der Waals surface area (Å²) < 4.78 is 6.36. The maximum Gasteiger partial charge on any atom is 0.226 e. The van der Waals surface area contributed by atoms with Gasteiger partial charge < -0.3 is 9.51 Å². The normalized spacial score (nSPS) is 11.2. The molecule has 0 bridgehead atoms. The van der Waals surface area contributed by atoms with Gasteiger partial charge in [0, 0.05) is 22.9 Å². The van der Waals surface area contributed by atoms with Crippen LogP contribution in [-0.4, -0.2) is 20.1 Å². The Morgan fingerprint density at radius 3 is 2.72 bits per heavy atom. The van der Waals surface area contributed by atoms with Crippen molar-refractivity contribution in [3.63, 3.8) is 0 Å². The number of aryl methyl sites for hydroxylation is 2. The fourth-order valence-corrected chi connectivity index (χ4v) is 3.19. The lowest BCUT2D eigenvalue weighted by molar-refractivity contribution is 0.374. The second-order valence-corrected chi connectivity index (χ2v) is 6.85. The Kier molecular flexibility index (Phi) is 4.61. The Bertz CT molecular complexity index is 959. The highest BCUT2D eigenvalue weighted by molar-refractivity contribution is 9.10. The van der Waals surface area contributed by atoms with Gasteiger partial charge in [-0.25, -0.2) is 4.98 Å². The minimum atomic E-state index is 0.633. The molecule has 0 radical (unpaired) electrons. The van der Waals surface area contributed by atoms with Crippen LogP contribution in [0, 0.1) is 0 Å². The van der Waals surface area contributed by atoms with Crippen LogP contribution in [0.2, 0.25) is 0 Å². The van der Waals surface area contributed by atoms with Crippen molar-refractivity contribution in [2.75, 3.05) is 0 Å². The number of para-hydroxylation sites is 2. The summed E-state index contributed by atoms with van der Waals surface area (Å²) in [4.78, 5) is 12.4. The van der Waals surface area contributed by atoms with Gasteiger partial charge in [-0.1, -0.05) is 45.4 Å². The first-order valence-electron chi connectivity index (χ1n) is 8.30. The van der Waals surface area contributed by atoms with Crippen LogP contribution in [0.5, 0.6) is 0 Å². The van der Waals surface area contributed by atoms with Gasteiger partial charge in [0.2, 0.25) is 11.7 Å². The van der Waals surface area contributed by atoms with Crippen molar-refractivity contribution in [2.45, 2.75) is 25.7 Å². The van der Waals surface area contributed by atoms with Crippen molar-refractivity contribution < 1.29 is 4.52 Å². The first-order chi connectivity index (χ1) is 12.3. The number of aromatic nitrogens is 4. The number of benzene rings is 2. The molecule has 5 nitrogen and oxygen atoms in total. The zero-order valence-corrected chi connectivity index (χ0v) is 15.2. The van der Waals surface area contributed by atoms with E-state index in [1.54, 1.807) is 0 Å². The molecule has 0 aliphatic heterocycles. The lowest BCUT2D eigenvalue weighted by atomic mass is 10.2. The fraction of sp³-hybridized carbons (Fsp3) is 0.211. The van der Waals surface area contributed by atoms with E-state index in [9.17, 15) is 0 Å². The number of halogens is 1. The molecular formula is C19H17BrN4O. The number of H-pyrrole nitrogens is 1. The molecule has 25 heavy (non-hydrogen) atoms. The Morgan fingerprint density at radius 1 is 0.960 bits per heavy atom. The summed E-state index contributed by atoms with van der Waals surface area (Å²) in [6, 6.07) is 16.0. The minimum Gasteiger partial charge on any atom is -0.342 e. The van der Waals surface area contributed by atoms with Crippen molar-refractivity contribution in [2.24, 2.45) is 0 Å². The summed E-state index contributed by atoms with van der Waals surface area (Å²) in [6.45, 7) is 0. The summed E-state index contributed by atoms with van der Waals surface area (Å²) in [7, 11) is 0. The van der Waals surface area contributed by atoms with E-state index in [2.05, 4.69) is 36.0 Å². The van der Waals surface area contributed by atoms with Gasteiger partial charge in [-0.05, 0) is 37.1 Å². The number of imidazole rings is 1. The number of rotatable bonds is 6. The minimum absolute atomic E-state index is 0.633. The quantitative estimate of drug-likeness (QED) is 0.468. The average molecular weight is 397 g/mol. The summed E-state index contributed by atoms with van der Waals surface area (Å²) >= 11 is 3.46. The molecule has 0 atom stereocenters. The van der Waals surface area contributed by atoms with Gasteiger partial charge in [0.15, 0.2) is 0 Å². The molecule has 0 spiro atoms. The van der Waals surface area contributed by atoms with E-state index in [1.165, 1.54) is 0 Å². The highest BCUT2D eigenvalue weighted by atomic mass is 79.9. The summed E-state index contributed by atoms with van der Waals surface area (Å²) in [5.41, 5.74) is 3.06. The van der Waals surface area contributed by atoms with E-state index in [-0.39, 0.29) is 0 Å². The van der Waals surface area contributed by atoms with Gasteiger partial charge in [-0.2, -0.15) is 4.98 Å². The molecule has 126 valence electrons. The Balaban J connectivity index is 1.31. The van der Waals surface area contributed by atoms with E-state index >= 15 is 0 Å². The number of unbranched alkanes of at least 4 members (excludes halogenated alkanes) is 1. The third kappa shape index (κ3) is 3.79. The van der Waals surface area contributed by atoms with Gasteiger partial charge in [0.1, 0.15) is 5.82 Å². The lowest BCUT2D eigenvalue weighted by Gasteiger charge is -1.96. The zero-order valence-electron chi connectivity index (χ0n) is 13.6. The zero-order chi connectivity index (χ0) is 17.1. The van der Waals surface area contributed by atoms with Crippen molar-refractivity contribution in [3.05, 3.63) is 64.7 Å².